The Kier molecular flexibility index (Phi) is 6.01. The van der Waals surface area contributed by atoms with E-state index in [1.807, 2.05) is 0 Å². The highest BCUT2D eigenvalue weighted by atomic mass is 15.1. The van der Waals surface area contributed by atoms with Crippen molar-refractivity contribution >= 4 is 17.1 Å². The van der Waals surface area contributed by atoms with Crippen LogP contribution in [0.1, 0.15) is 16.7 Å². The van der Waals surface area contributed by atoms with Crippen molar-refractivity contribution in [2.75, 3.05) is 4.90 Å². The topological polar surface area (TPSA) is 3.24 Å². The van der Waals surface area contributed by atoms with Gasteiger partial charge in [-0.05, 0) is 90.0 Å². The highest BCUT2D eigenvalue weighted by Gasteiger charge is 2.17. The predicted octanol–water partition coefficient (Wildman–Crippen LogP) is 9.42. The Morgan fingerprint density at radius 3 is 1.62 bits per heavy atom. The third-order valence-corrected chi connectivity index (χ3v) is 6.55. The number of aryl methyl sites for hydroxylation is 2. The summed E-state index contributed by atoms with van der Waals surface area (Å²) in [5.74, 6) is 0. The lowest BCUT2D eigenvalue weighted by Crippen LogP contribution is -2.11. The number of rotatable bonds is 5. The molecule has 0 aliphatic carbocycles. The van der Waals surface area contributed by atoms with Gasteiger partial charge >= 0.3 is 0 Å². The zero-order chi connectivity index (χ0) is 23.5. The number of nitrogens with zero attached hydrogens (tertiary/aromatic N) is 1. The van der Waals surface area contributed by atoms with E-state index in [0.29, 0.717) is 0 Å². The molecule has 166 valence electrons. The molecule has 1 heteroatoms. The van der Waals surface area contributed by atoms with Gasteiger partial charge in [0, 0.05) is 17.1 Å². The van der Waals surface area contributed by atoms with Gasteiger partial charge in [0.15, 0.2) is 0 Å². The molecule has 5 aromatic carbocycles. The summed E-state index contributed by atoms with van der Waals surface area (Å²) in [4.78, 5) is 2.34. The van der Waals surface area contributed by atoms with E-state index in [4.69, 9.17) is 0 Å². The standard InChI is InChI=1S/C33H29N/c1-24-13-10-11-18-30(24)31-22-21-27(23-25(31)2)32-19-12-20-33(26(32)3)34(28-14-6-4-7-15-28)29-16-8-5-9-17-29/h4-23H,1-3H3. The summed E-state index contributed by atoms with van der Waals surface area (Å²) in [5, 5.41) is 0. The Balaban J connectivity index is 1.61. The molecule has 0 amide bonds. The van der Waals surface area contributed by atoms with Crippen LogP contribution in [0, 0.1) is 20.8 Å². The molecule has 34 heavy (non-hydrogen) atoms. The summed E-state index contributed by atoms with van der Waals surface area (Å²) in [6.07, 6.45) is 0. The lowest BCUT2D eigenvalue weighted by molar-refractivity contribution is 1.25. The highest BCUT2D eigenvalue weighted by Crippen LogP contribution is 2.40. The van der Waals surface area contributed by atoms with Gasteiger partial charge in [0.2, 0.25) is 0 Å². The van der Waals surface area contributed by atoms with Gasteiger partial charge in [-0.1, -0.05) is 91.0 Å². The van der Waals surface area contributed by atoms with Crippen LogP contribution < -0.4 is 4.90 Å². The maximum Gasteiger partial charge on any atom is 0.0496 e. The molecule has 0 N–H and O–H groups in total. The largest absolute Gasteiger partial charge is 0.310 e. The molecule has 0 aliphatic heterocycles. The monoisotopic (exact) mass is 439 g/mol. The van der Waals surface area contributed by atoms with Crippen LogP contribution in [0.15, 0.2) is 121 Å². The molecule has 0 spiro atoms. The Morgan fingerprint density at radius 1 is 0.441 bits per heavy atom. The number of benzene rings is 5. The van der Waals surface area contributed by atoms with Crippen LogP contribution in [-0.2, 0) is 0 Å². The van der Waals surface area contributed by atoms with Crippen molar-refractivity contribution < 1.29 is 0 Å². The number of para-hydroxylation sites is 2. The summed E-state index contributed by atoms with van der Waals surface area (Å²) < 4.78 is 0. The van der Waals surface area contributed by atoms with E-state index < -0.39 is 0 Å². The van der Waals surface area contributed by atoms with Gasteiger partial charge < -0.3 is 4.90 Å². The van der Waals surface area contributed by atoms with Gasteiger partial charge in [-0.2, -0.15) is 0 Å². The zero-order valence-electron chi connectivity index (χ0n) is 20.0. The quantitative estimate of drug-likeness (QED) is 0.263. The minimum absolute atomic E-state index is 1.15. The molecular weight excluding hydrogens is 410 g/mol. The van der Waals surface area contributed by atoms with Crippen molar-refractivity contribution in [1.29, 1.82) is 0 Å². The average molecular weight is 440 g/mol. The van der Waals surface area contributed by atoms with Crippen LogP contribution in [0.2, 0.25) is 0 Å². The maximum atomic E-state index is 2.34. The van der Waals surface area contributed by atoms with Crippen molar-refractivity contribution in [2.24, 2.45) is 0 Å². The molecule has 0 aromatic heterocycles. The van der Waals surface area contributed by atoms with Gasteiger partial charge in [0.1, 0.15) is 0 Å². The van der Waals surface area contributed by atoms with E-state index in [1.54, 1.807) is 0 Å². The van der Waals surface area contributed by atoms with Crippen molar-refractivity contribution in [1.82, 2.24) is 0 Å². The highest BCUT2D eigenvalue weighted by molar-refractivity contribution is 5.84. The Labute approximate surface area is 203 Å². The second-order valence-corrected chi connectivity index (χ2v) is 8.80. The third kappa shape index (κ3) is 4.13. The molecule has 0 heterocycles. The van der Waals surface area contributed by atoms with E-state index in [9.17, 15) is 0 Å². The fourth-order valence-electron chi connectivity index (χ4n) is 4.77. The number of anilines is 3. The first-order valence-corrected chi connectivity index (χ1v) is 11.8. The molecule has 5 rings (SSSR count). The third-order valence-electron chi connectivity index (χ3n) is 6.55. The zero-order valence-corrected chi connectivity index (χ0v) is 20.0. The molecule has 0 bridgehead atoms. The van der Waals surface area contributed by atoms with Gasteiger partial charge in [-0.25, -0.2) is 0 Å². The van der Waals surface area contributed by atoms with E-state index in [-0.39, 0.29) is 0 Å². The molecular formula is C33H29N. The smallest absolute Gasteiger partial charge is 0.0496 e. The molecule has 1 nitrogen and oxygen atoms in total. The van der Waals surface area contributed by atoms with E-state index >= 15 is 0 Å². The van der Waals surface area contributed by atoms with E-state index in [1.165, 1.54) is 44.6 Å². The molecule has 0 unspecified atom stereocenters. The fraction of sp³-hybridized carbons (Fsp3) is 0.0909. The van der Waals surface area contributed by atoms with Gasteiger partial charge in [-0.15, -0.1) is 0 Å². The van der Waals surface area contributed by atoms with Gasteiger partial charge in [0.25, 0.3) is 0 Å². The summed E-state index contributed by atoms with van der Waals surface area (Å²) in [6, 6.07) is 43.2. The predicted molar refractivity (Wildman–Crippen MR) is 146 cm³/mol. The normalized spacial score (nSPS) is 10.8. The van der Waals surface area contributed by atoms with Crippen LogP contribution in [0.3, 0.4) is 0 Å². The SMILES string of the molecule is Cc1ccccc1-c1ccc(-c2cccc(N(c3ccccc3)c3ccccc3)c2C)cc1C. The molecule has 0 fully saturated rings. The molecule has 0 atom stereocenters. The summed E-state index contributed by atoms with van der Waals surface area (Å²) in [5.41, 5.74) is 12.5. The second-order valence-electron chi connectivity index (χ2n) is 8.80. The Hall–Kier alpha value is -4.10. The van der Waals surface area contributed by atoms with Crippen LogP contribution in [0.4, 0.5) is 17.1 Å². The second kappa shape index (κ2) is 9.41. The molecule has 0 radical (unpaired) electrons. The minimum Gasteiger partial charge on any atom is -0.310 e. The van der Waals surface area contributed by atoms with Gasteiger partial charge in [0.05, 0.1) is 0 Å². The summed E-state index contributed by atoms with van der Waals surface area (Å²) in [6.45, 7) is 6.62. The van der Waals surface area contributed by atoms with Crippen LogP contribution in [0.25, 0.3) is 22.3 Å². The maximum absolute atomic E-state index is 2.34. The molecule has 0 saturated carbocycles. The first-order chi connectivity index (χ1) is 16.6. The van der Waals surface area contributed by atoms with Crippen LogP contribution in [0.5, 0.6) is 0 Å². The first kappa shape index (κ1) is 21.7. The summed E-state index contributed by atoms with van der Waals surface area (Å²) in [7, 11) is 0. The van der Waals surface area contributed by atoms with Gasteiger partial charge in [-0.3, -0.25) is 0 Å². The average Bonchev–Trinajstić information content (AvgIpc) is 2.87. The first-order valence-electron chi connectivity index (χ1n) is 11.8. The molecule has 0 aliphatic rings. The molecule has 5 aromatic rings. The lowest BCUT2D eigenvalue weighted by Gasteiger charge is -2.28. The van der Waals surface area contributed by atoms with Crippen molar-refractivity contribution in [3.63, 3.8) is 0 Å². The van der Waals surface area contributed by atoms with Crippen LogP contribution >= 0.6 is 0 Å². The van der Waals surface area contributed by atoms with E-state index in [0.717, 1.165) is 11.4 Å². The molecule has 0 saturated heterocycles. The minimum atomic E-state index is 1.15. The summed E-state index contributed by atoms with van der Waals surface area (Å²) >= 11 is 0. The van der Waals surface area contributed by atoms with Crippen molar-refractivity contribution in [3.8, 4) is 22.3 Å². The Morgan fingerprint density at radius 2 is 1.00 bits per heavy atom. The van der Waals surface area contributed by atoms with Crippen LogP contribution in [-0.4, -0.2) is 0 Å². The number of hydrogen-bond acceptors (Lipinski definition) is 1. The fourth-order valence-corrected chi connectivity index (χ4v) is 4.77. The Bertz CT molecular complexity index is 1380. The lowest BCUT2D eigenvalue weighted by atomic mass is 9.91. The number of hydrogen-bond donors (Lipinski definition) is 0. The van der Waals surface area contributed by atoms with Crippen molar-refractivity contribution in [2.45, 2.75) is 20.8 Å². The van der Waals surface area contributed by atoms with E-state index in [2.05, 4.69) is 147 Å². The van der Waals surface area contributed by atoms with Crippen molar-refractivity contribution in [3.05, 3.63) is 138 Å².